The molecule has 0 aliphatic heterocycles. The van der Waals surface area contributed by atoms with Crippen LogP contribution in [0, 0.1) is 13.8 Å². The number of nitrogens with one attached hydrogen (secondary N) is 3. The Hall–Kier alpha value is -3.81. The van der Waals surface area contributed by atoms with E-state index in [1.807, 2.05) is 32.0 Å². The van der Waals surface area contributed by atoms with E-state index in [0.29, 0.717) is 32.3 Å². The number of amides is 3. The summed E-state index contributed by atoms with van der Waals surface area (Å²) in [6.45, 7) is 3.86. The molecular formula is C25H20Cl2N4O3. The zero-order valence-corrected chi connectivity index (χ0v) is 19.8. The molecule has 0 radical (unpaired) electrons. The Kier molecular flexibility index (Phi) is 6.58. The summed E-state index contributed by atoms with van der Waals surface area (Å²) in [6.07, 6.45) is 0. The second-order valence-electron chi connectivity index (χ2n) is 7.80. The molecule has 0 unspecified atom stereocenters. The Morgan fingerprint density at radius 1 is 0.735 bits per heavy atom. The summed E-state index contributed by atoms with van der Waals surface area (Å²) in [6, 6.07) is 18.6. The van der Waals surface area contributed by atoms with Gasteiger partial charge < -0.3 is 10.6 Å². The quantitative estimate of drug-likeness (QED) is 0.326. The van der Waals surface area contributed by atoms with Gasteiger partial charge in [0.1, 0.15) is 5.69 Å². The Bertz CT molecular complexity index is 1430. The number of hydrogen-bond acceptors (Lipinski definition) is 3. The van der Waals surface area contributed by atoms with Crippen LogP contribution in [0.25, 0.3) is 10.9 Å². The minimum Gasteiger partial charge on any atom is -0.321 e. The molecule has 0 atom stereocenters. The summed E-state index contributed by atoms with van der Waals surface area (Å²) in [4.78, 5) is 38.3. The van der Waals surface area contributed by atoms with E-state index < -0.39 is 17.7 Å². The number of aryl methyl sites for hydroxylation is 2. The maximum atomic E-state index is 13.2. The number of nitrogens with zero attached hydrogens (tertiary/aromatic N) is 1. The van der Waals surface area contributed by atoms with Gasteiger partial charge >= 0.3 is 11.8 Å². The van der Waals surface area contributed by atoms with E-state index in [2.05, 4.69) is 16.1 Å². The van der Waals surface area contributed by atoms with Crippen LogP contribution in [0.5, 0.6) is 0 Å². The first kappa shape index (κ1) is 23.4. The Morgan fingerprint density at radius 2 is 1.44 bits per heavy atom. The number of anilines is 2. The molecule has 1 aromatic heterocycles. The first-order valence-electron chi connectivity index (χ1n) is 10.3. The predicted molar refractivity (Wildman–Crippen MR) is 135 cm³/mol. The number of fused-ring (bicyclic) bond motifs is 1. The molecule has 1 heterocycles. The Morgan fingerprint density at radius 3 is 2.15 bits per heavy atom. The molecule has 34 heavy (non-hydrogen) atoms. The highest BCUT2D eigenvalue weighted by Crippen LogP contribution is 2.24. The summed E-state index contributed by atoms with van der Waals surface area (Å²) in [5, 5.41) is 6.83. The molecule has 0 aliphatic rings. The van der Waals surface area contributed by atoms with Crippen molar-refractivity contribution in [1.82, 2.24) is 4.68 Å². The Balaban J connectivity index is 1.64. The van der Waals surface area contributed by atoms with Gasteiger partial charge in [-0.2, -0.15) is 0 Å². The van der Waals surface area contributed by atoms with Crippen molar-refractivity contribution < 1.29 is 14.4 Å². The molecule has 3 aromatic carbocycles. The van der Waals surface area contributed by atoms with Crippen molar-refractivity contribution in [3.63, 3.8) is 0 Å². The third-order valence-electron chi connectivity index (χ3n) is 4.98. The molecular weight excluding hydrogens is 475 g/mol. The molecule has 3 amide bonds. The van der Waals surface area contributed by atoms with Gasteiger partial charge in [0.05, 0.1) is 5.52 Å². The molecule has 0 saturated carbocycles. The molecule has 7 nitrogen and oxygen atoms in total. The SMILES string of the molecule is Cc1cc(C)cc(NC(=O)c2cc3cc(Cl)ccc3n2NC(=O)C(=O)Nc2cccc(Cl)c2)c1. The number of hydrogen-bond donors (Lipinski definition) is 3. The summed E-state index contributed by atoms with van der Waals surface area (Å²) < 4.78 is 1.27. The maximum absolute atomic E-state index is 13.2. The van der Waals surface area contributed by atoms with Gasteiger partial charge in [-0.25, -0.2) is 4.68 Å². The fraction of sp³-hybridized carbons (Fsp3) is 0.0800. The lowest BCUT2D eigenvalue weighted by Gasteiger charge is -2.13. The van der Waals surface area contributed by atoms with Gasteiger partial charge in [-0.3, -0.25) is 19.8 Å². The predicted octanol–water partition coefficient (Wildman–Crippen LogP) is 5.53. The topological polar surface area (TPSA) is 92.2 Å². The molecule has 0 fully saturated rings. The van der Waals surface area contributed by atoms with Crippen molar-refractivity contribution in [2.75, 3.05) is 16.1 Å². The summed E-state index contributed by atoms with van der Waals surface area (Å²) in [5.41, 5.74) is 6.10. The van der Waals surface area contributed by atoms with Gasteiger partial charge in [-0.15, -0.1) is 0 Å². The highest BCUT2D eigenvalue weighted by atomic mass is 35.5. The van der Waals surface area contributed by atoms with E-state index in [1.54, 1.807) is 42.5 Å². The van der Waals surface area contributed by atoms with Gasteiger partial charge in [0.25, 0.3) is 5.91 Å². The normalized spacial score (nSPS) is 10.7. The number of benzene rings is 3. The fourth-order valence-electron chi connectivity index (χ4n) is 3.62. The highest BCUT2D eigenvalue weighted by Gasteiger charge is 2.21. The van der Waals surface area contributed by atoms with Crippen LogP contribution in [0.3, 0.4) is 0 Å². The molecule has 0 bridgehead atoms. The van der Waals surface area contributed by atoms with Crippen molar-refractivity contribution >= 4 is 63.2 Å². The number of halogens is 2. The van der Waals surface area contributed by atoms with Crippen LogP contribution >= 0.6 is 23.2 Å². The van der Waals surface area contributed by atoms with Crippen LogP contribution in [-0.4, -0.2) is 22.4 Å². The van der Waals surface area contributed by atoms with Gasteiger partial charge in [-0.1, -0.05) is 35.3 Å². The monoisotopic (exact) mass is 494 g/mol. The third-order valence-corrected chi connectivity index (χ3v) is 5.45. The molecule has 172 valence electrons. The molecule has 0 spiro atoms. The van der Waals surface area contributed by atoms with Crippen LogP contribution in [-0.2, 0) is 9.59 Å². The molecule has 4 rings (SSSR count). The van der Waals surface area contributed by atoms with Gasteiger partial charge in [0.2, 0.25) is 0 Å². The van der Waals surface area contributed by atoms with Crippen LogP contribution in [0.15, 0.2) is 66.7 Å². The van der Waals surface area contributed by atoms with Crippen molar-refractivity contribution in [1.29, 1.82) is 0 Å². The number of carbonyl (C=O) groups excluding carboxylic acids is 3. The Labute approximate surface area is 205 Å². The van der Waals surface area contributed by atoms with Crippen molar-refractivity contribution in [3.8, 4) is 0 Å². The molecule has 0 saturated heterocycles. The lowest BCUT2D eigenvalue weighted by molar-refractivity contribution is -0.133. The second kappa shape index (κ2) is 9.59. The summed E-state index contributed by atoms with van der Waals surface area (Å²) in [5.74, 6) is -2.35. The summed E-state index contributed by atoms with van der Waals surface area (Å²) >= 11 is 12.0. The number of aromatic nitrogens is 1. The average Bonchev–Trinajstić information content (AvgIpc) is 3.10. The van der Waals surface area contributed by atoms with Gasteiger partial charge in [0.15, 0.2) is 0 Å². The standard InChI is InChI=1S/C25H20Cl2N4O3/c1-14-8-15(2)10-20(9-14)29-23(32)22-12-16-11-18(27)6-7-21(16)31(22)30-25(34)24(33)28-19-5-3-4-17(26)13-19/h3-13H,1-2H3,(H,28,33)(H,29,32)(H,30,34). The van der Waals surface area contributed by atoms with Crippen LogP contribution < -0.4 is 16.1 Å². The van der Waals surface area contributed by atoms with Crippen molar-refractivity contribution in [3.05, 3.63) is 93.6 Å². The minimum absolute atomic E-state index is 0.125. The molecule has 3 N–H and O–H groups in total. The van der Waals surface area contributed by atoms with Gasteiger partial charge in [-0.05, 0) is 79.6 Å². The number of carbonyl (C=O) groups is 3. The lowest BCUT2D eigenvalue weighted by atomic mass is 10.1. The molecule has 9 heteroatoms. The summed E-state index contributed by atoms with van der Waals surface area (Å²) in [7, 11) is 0. The lowest BCUT2D eigenvalue weighted by Crippen LogP contribution is -2.36. The van der Waals surface area contributed by atoms with E-state index >= 15 is 0 Å². The largest absolute Gasteiger partial charge is 0.328 e. The van der Waals surface area contributed by atoms with E-state index in [1.165, 1.54) is 10.7 Å². The van der Waals surface area contributed by atoms with E-state index in [9.17, 15) is 14.4 Å². The fourth-order valence-corrected chi connectivity index (χ4v) is 3.99. The van der Waals surface area contributed by atoms with Crippen LogP contribution in [0.4, 0.5) is 11.4 Å². The van der Waals surface area contributed by atoms with Gasteiger partial charge in [0, 0.05) is 26.8 Å². The zero-order chi connectivity index (χ0) is 24.4. The maximum Gasteiger partial charge on any atom is 0.328 e. The number of rotatable bonds is 4. The van der Waals surface area contributed by atoms with E-state index in [-0.39, 0.29) is 5.69 Å². The van der Waals surface area contributed by atoms with Crippen LogP contribution in [0.1, 0.15) is 21.6 Å². The van der Waals surface area contributed by atoms with Crippen molar-refractivity contribution in [2.45, 2.75) is 13.8 Å². The van der Waals surface area contributed by atoms with E-state index in [4.69, 9.17) is 23.2 Å². The zero-order valence-electron chi connectivity index (χ0n) is 18.3. The van der Waals surface area contributed by atoms with Crippen LogP contribution in [0.2, 0.25) is 10.0 Å². The first-order valence-corrected chi connectivity index (χ1v) is 11.0. The average molecular weight is 495 g/mol. The smallest absolute Gasteiger partial charge is 0.321 e. The van der Waals surface area contributed by atoms with E-state index in [0.717, 1.165) is 11.1 Å². The third kappa shape index (κ3) is 5.22. The highest BCUT2D eigenvalue weighted by molar-refractivity contribution is 6.42. The second-order valence-corrected chi connectivity index (χ2v) is 8.68. The van der Waals surface area contributed by atoms with Crippen molar-refractivity contribution in [2.24, 2.45) is 0 Å². The minimum atomic E-state index is -0.965. The molecule has 0 aliphatic carbocycles. The first-order chi connectivity index (χ1) is 16.2. The molecule has 4 aromatic rings.